The van der Waals surface area contributed by atoms with E-state index in [0.29, 0.717) is 6.04 Å². The van der Waals surface area contributed by atoms with Crippen molar-refractivity contribution in [1.82, 2.24) is 14.8 Å². The van der Waals surface area contributed by atoms with Gasteiger partial charge < -0.3 is 14.5 Å². The number of hydrogen-bond donors (Lipinski definition) is 0. The monoisotopic (exact) mass is 447 g/mol. The van der Waals surface area contributed by atoms with Gasteiger partial charge in [-0.3, -0.25) is 4.79 Å². The molecule has 3 aromatic rings. The van der Waals surface area contributed by atoms with E-state index in [4.69, 9.17) is 9.72 Å². The highest BCUT2D eigenvalue weighted by molar-refractivity contribution is 7.17. The fraction of sp³-hybridized carbons (Fsp3) is 0.385. The molecule has 0 aliphatic carbocycles. The third kappa shape index (κ3) is 4.57. The molecule has 2 fully saturated rings. The lowest BCUT2D eigenvalue weighted by Gasteiger charge is -2.36. The minimum Gasteiger partial charge on any atom is -0.457 e. The van der Waals surface area contributed by atoms with Gasteiger partial charge in [-0.2, -0.15) is 0 Å². The number of benzene rings is 2. The molecule has 2 aromatic carbocycles. The van der Waals surface area contributed by atoms with Gasteiger partial charge >= 0.3 is 0 Å². The van der Waals surface area contributed by atoms with E-state index >= 15 is 0 Å². The standard InChI is InChI=1S/C26H29N3O2S/c1-19-24(26(30)29-17-13-21(14-18-29)28-15-5-6-16-28)32-25(27-19)20-9-11-23(12-10-20)31-22-7-3-2-4-8-22/h2-4,7-12,21H,5-6,13-18H2,1H3. The summed E-state index contributed by atoms with van der Waals surface area (Å²) in [5, 5.41) is 0.879. The number of carbonyl (C=O) groups is 1. The summed E-state index contributed by atoms with van der Waals surface area (Å²) in [5.74, 6) is 1.73. The predicted molar refractivity (Wildman–Crippen MR) is 129 cm³/mol. The molecule has 1 aromatic heterocycles. The number of rotatable bonds is 5. The molecule has 0 radical (unpaired) electrons. The molecule has 0 saturated carbocycles. The Bertz CT molecular complexity index is 1050. The molecule has 166 valence electrons. The summed E-state index contributed by atoms with van der Waals surface area (Å²) in [7, 11) is 0. The predicted octanol–water partition coefficient (Wildman–Crippen LogP) is 5.61. The van der Waals surface area contributed by atoms with Gasteiger partial charge in [0.15, 0.2) is 0 Å². The van der Waals surface area contributed by atoms with Gasteiger partial charge in [0.1, 0.15) is 21.4 Å². The van der Waals surface area contributed by atoms with Crippen LogP contribution in [-0.4, -0.2) is 52.9 Å². The van der Waals surface area contributed by atoms with Crippen LogP contribution in [0.15, 0.2) is 54.6 Å². The van der Waals surface area contributed by atoms with Gasteiger partial charge in [0.05, 0.1) is 5.69 Å². The Morgan fingerprint density at radius 1 is 0.938 bits per heavy atom. The molecule has 0 unspecified atom stereocenters. The number of thiazole rings is 1. The summed E-state index contributed by atoms with van der Waals surface area (Å²) >= 11 is 1.50. The number of para-hydroxylation sites is 1. The number of amides is 1. The molecule has 5 rings (SSSR count). The second-order valence-corrected chi connectivity index (χ2v) is 9.64. The number of likely N-dealkylation sites (tertiary alicyclic amines) is 2. The molecule has 6 heteroatoms. The SMILES string of the molecule is Cc1nc(-c2ccc(Oc3ccccc3)cc2)sc1C(=O)N1CCC(N2CCCC2)CC1. The highest BCUT2D eigenvalue weighted by Crippen LogP contribution is 2.32. The molecule has 0 N–H and O–H groups in total. The molecule has 1 amide bonds. The normalized spacial score (nSPS) is 17.6. The molecule has 5 nitrogen and oxygen atoms in total. The average molecular weight is 448 g/mol. The maximum Gasteiger partial charge on any atom is 0.265 e. The van der Waals surface area contributed by atoms with Crippen LogP contribution in [0.4, 0.5) is 0 Å². The number of carbonyl (C=O) groups excluding carboxylic acids is 1. The summed E-state index contributed by atoms with van der Waals surface area (Å²) in [4.78, 5) is 23.3. The van der Waals surface area contributed by atoms with Crippen molar-refractivity contribution in [1.29, 1.82) is 0 Å². The van der Waals surface area contributed by atoms with Crippen LogP contribution in [0.5, 0.6) is 11.5 Å². The minimum atomic E-state index is 0.134. The third-order valence-electron chi connectivity index (χ3n) is 6.48. The zero-order chi connectivity index (χ0) is 21.9. The summed E-state index contributed by atoms with van der Waals surface area (Å²) in [6, 6.07) is 18.3. The van der Waals surface area contributed by atoms with Crippen LogP contribution in [0.2, 0.25) is 0 Å². The third-order valence-corrected chi connectivity index (χ3v) is 7.67. The van der Waals surface area contributed by atoms with Crippen molar-refractivity contribution in [2.24, 2.45) is 0 Å². The van der Waals surface area contributed by atoms with E-state index in [1.54, 1.807) is 0 Å². The number of hydrogen-bond acceptors (Lipinski definition) is 5. The number of aromatic nitrogens is 1. The van der Waals surface area contributed by atoms with Gasteiger partial charge in [0.25, 0.3) is 5.91 Å². The summed E-state index contributed by atoms with van der Waals surface area (Å²) in [6.07, 6.45) is 4.81. The number of aryl methyl sites for hydroxylation is 1. The zero-order valence-electron chi connectivity index (χ0n) is 18.5. The van der Waals surface area contributed by atoms with Gasteiger partial charge in [0, 0.05) is 24.7 Å². The van der Waals surface area contributed by atoms with Crippen LogP contribution in [-0.2, 0) is 0 Å². The van der Waals surface area contributed by atoms with E-state index in [1.807, 2.05) is 66.4 Å². The van der Waals surface area contributed by atoms with Crippen molar-refractivity contribution in [3.63, 3.8) is 0 Å². The average Bonchev–Trinajstić information content (AvgIpc) is 3.50. The Morgan fingerprint density at radius 2 is 1.59 bits per heavy atom. The Kier molecular flexibility index (Phi) is 6.23. The van der Waals surface area contributed by atoms with Gasteiger partial charge in [-0.05, 0) is 82.1 Å². The van der Waals surface area contributed by atoms with E-state index in [1.165, 1.54) is 37.3 Å². The topological polar surface area (TPSA) is 45.7 Å². The highest BCUT2D eigenvalue weighted by atomic mass is 32.1. The quantitative estimate of drug-likeness (QED) is 0.510. The largest absolute Gasteiger partial charge is 0.457 e. The first-order chi connectivity index (χ1) is 15.7. The smallest absolute Gasteiger partial charge is 0.265 e. The molecular weight excluding hydrogens is 418 g/mol. The van der Waals surface area contributed by atoms with Crippen molar-refractivity contribution in [2.45, 2.75) is 38.6 Å². The fourth-order valence-corrected chi connectivity index (χ4v) is 5.73. The van der Waals surface area contributed by atoms with Crippen LogP contribution in [0, 0.1) is 6.92 Å². The Balaban J connectivity index is 1.24. The Hall–Kier alpha value is -2.70. The fourth-order valence-electron chi connectivity index (χ4n) is 4.69. The van der Waals surface area contributed by atoms with Crippen molar-refractivity contribution < 1.29 is 9.53 Å². The molecular formula is C26H29N3O2S. The van der Waals surface area contributed by atoms with Crippen LogP contribution in [0.25, 0.3) is 10.6 Å². The van der Waals surface area contributed by atoms with E-state index in [2.05, 4.69) is 4.90 Å². The van der Waals surface area contributed by atoms with Crippen LogP contribution < -0.4 is 4.74 Å². The highest BCUT2D eigenvalue weighted by Gasteiger charge is 2.30. The van der Waals surface area contributed by atoms with E-state index in [9.17, 15) is 4.79 Å². The molecule has 0 bridgehead atoms. The lowest BCUT2D eigenvalue weighted by Crippen LogP contribution is -2.45. The van der Waals surface area contributed by atoms with Gasteiger partial charge in [-0.25, -0.2) is 4.98 Å². The molecule has 2 aliphatic rings. The first-order valence-electron chi connectivity index (χ1n) is 11.5. The lowest BCUT2D eigenvalue weighted by atomic mass is 10.0. The number of piperidine rings is 1. The van der Waals surface area contributed by atoms with Gasteiger partial charge in [0.2, 0.25) is 0 Å². The van der Waals surface area contributed by atoms with Crippen molar-refractivity contribution in [3.8, 4) is 22.1 Å². The van der Waals surface area contributed by atoms with Crippen LogP contribution in [0.3, 0.4) is 0 Å². The van der Waals surface area contributed by atoms with E-state index in [0.717, 1.165) is 58.6 Å². The molecule has 32 heavy (non-hydrogen) atoms. The second-order valence-electron chi connectivity index (χ2n) is 8.64. The Labute approximate surface area is 193 Å². The number of nitrogens with zero attached hydrogens (tertiary/aromatic N) is 3. The molecule has 3 heterocycles. The van der Waals surface area contributed by atoms with Crippen LogP contribution >= 0.6 is 11.3 Å². The summed E-state index contributed by atoms with van der Waals surface area (Å²) in [6.45, 7) is 6.09. The van der Waals surface area contributed by atoms with Gasteiger partial charge in [-0.15, -0.1) is 11.3 Å². The van der Waals surface area contributed by atoms with Crippen molar-refractivity contribution in [2.75, 3.05) is 26.2 Å². The molecule has 2 aliphatic heterocycles. The molecule has 0 atom stereocenters. The first-order valence-corrected chi connectivity index (χ1v) is 12.3. The second kappa shape index (κ2) is 9.43. The summed E-state index contributed by atoms with van der Waals surface area (Å²) < 4.78 is 5.88. The van der Waals surface area contributed by atoms with Crippen LogP contribution in [0.1, 0.15) is 41.0 Å². The maximum atomic E-state index is 13.2. The Morgan fingerprint density at radius 3 is 2.28 bits per heavy atom. The number of ether oxygens (including phenoxy) is 1. The van der Waals surface area contributed by atoms with Crippen molar-refractivity contribution >= 4 is 17.2 Å². The summed E-state index contributed by atoms with van der Waals surface area (Å²) in [5.41, 5.74) is 1.83. The molecule has 2 saturated heterocycles. The zero-order valence-corrected chi connectivity index (χ0v) is 19.3. The maximum absolute atomic E-state index is 13.2. The van der Waals surface area contributed by atoms with E-state index < -0.39 is 0 Å². The van der Waals surface area contributed by atoms with E-state index in [-0.39, 0.29) is 5.91 Å². The first kappa shape index (κ1) is 21.2. The lowest BCUT2D eigenvalue weighted by molar-refractivity contribution is 0.0648. The molecule has 0 spiro atoms. The minimum absolute atomic E-state index is 0.134. The van der Waals surface area contributed by atoms with Gasteiger partial charge in [-0.1, -0.05) is 18.2 Å². The van der Waals surface area contributed by atoms with Crippen molar-refractivity contribution in [3.05, 3.63) is 65.2 Å².